The minimum absolute atomic E-state index is 0.215. The monoisotopic (exact) mass is 298 g/mol. The van der Waals surface area contributed by atoms with Gasteiger partial charge in [0.25, 0.3) is 5.91 Å². The second kappa shape index (κ2) is 8.05. The van der Waals surface area contributed by atoms with Crippen molar-refractivity contribution in [3.8, 4) is 6.07 Å². The van der Waals surface area contributed by atoms with Gasteiger partial charge >= 0.3 is 0 Å². The molecule has 6 heteroatoms. The lowest BCUT2D eigenvalue weighted by molar-refractivity contribution is 0.0700. The fourth-order valence-electron chi connectivity index (χ4n) is 1.55. The maximum atomic E-state index is 12.4. The first-order valence-corrected chi connectivity index (χ1v) is 6.56. The molecule has 1 aromatic carbocycles. The molecule has 0 saturated carbocycles. The molecule has 0 N–H and O–H groups in total. The molecule has 1 aromatic rings. The summed E-state index contributed by atoms with van der Waals surface area (Å²) < 4.78 is 4.97. The zero-order chi connectivity index (χ0) is 14.3. The van der Waals surface area contributed by atoms with E-state index in [0.717, 1.165) is 0 Å². The Labute approximate surface area is 123 Å². The van der Waals surface area contributed by atoms with E-state index >= 15 is 0 Å². The van der Waals surface area contributed by atoms with Crippen molar-refractivity contribution in [2.75, 3.05) is 26.8 Å². The van der Waals surface area contributed by atoms with Crippen molar-refractivity contribution in [2.24, 2.45) is 0 Å². The second-order valence-electron chi connectivity index (χ2n) is 3.86. The summed E-state index contributed by atoms with van der Waals surface area (Å²) in [6.45, 7) is 1.19. The number of nitriles is 1. The standard InChI is InChI=1S/C13H15ClN2O2S/c1-18-8-7-16(6-2-5-15)13(17)11-9-10(19)3-4-12(11)14/h3-4,9,19H,2,6-8H2,1H3. The molecule has 1 amide bonds. The van der Waals surface area contributed by atoms with Crippen molar-refractivity contribution in [3.63, 3.8) is 0 Å². The minimum Gasteiger partial charge on any atom is -0.383 e. The predicted octanol–water partition coefficient (Wildman–Crippen LogP) is 2.63. The Morgan fingerprint density at radius 1 is 1.53 bits per heavy atom. The highest BCUT2D eigenvalue weighted by molar-refractivity contribution is 7.80. The highest BCUT2D eigenvalue weighted by Crippen LogP contribution is 2.21. The number of benzene rings is 1. The summed E-state index contributed by atoms with van der Waals surface area (Å²) in [4.78, 5) is 14.6. The van der Waals surface area contributed by atoms with Crippen LogP contribution in [0.1, 0.15) is 16.8 Å². The molecule has 19 heavy (non-hydrogen) atoms. The molecule has 0 aliphatic heterocycles. The third kappa shape index (κ3) is 4.75. The smallest absolute Gasteiger partial charge is 0.255 e. The lowest BCUT2D eigenvalue weighted by Gasteiger charge is -2.22. The van der Waals surface area contributed by atoms with Crippen molar-refractivity contribution in [3.05, 3.63) is 28.8 Å². The van der Waals surface area contributed by atoms with E-state index in [0.29, 0.717) is 35.2 Å². The molecule has 0 aromatic heterocycles. The van der Waals surface area contributed by atoms with E-state index in [-0.39, 0.29) is 12.3 Å². The van der Waals surface area contributed by atoms with Gasteiger partial charge in [0, 0.05) is 25.1 Å². The number of rotatable bonds is 6. The van der Waals surface area contributed by atoms with Crippen LogP contribution >= 0.6 is 24.2 Å². The minimum atomic E-state index is -0.215. The molecule has 0 heterocycles. The Morgan fingerprint density at radius 2 is 2.26 bits per heavy atom. The molecule has 0 atom stereocenters. The van der Waals surface area contributed by atoms with Crippen LogP contribution in [-0.2, 0) is 4.74 Å². The summed E-state index contributed by atoms with van der Waals surface area (Å²) >= 11 is 10.2. The second-order valence-corrected chi connectivity index (χ2v) is 4.78. The van der Waals surface area contributed by atoms with Gasteiger partial charge in [-0.25, -0.2) is 0 Å². The van der Waals surface area contributed by atoms with Gasteiger partial charge in [-0.2, -0.15) is 5.26 Å². The van der Waals surface area contributed by atoms with E-state index in [1.807, 2.05) is 6.07 Å². The zero-order valence-corrected chi connectivity index (χ0v) is 12.2. The van der Waals surface area contributed by atoms with Crippen LogP contribution in [0.25, 0.3) is 0 Å². The zero-order valence-electron chi connectivity index (χ0n) is 10.6. The average molecular weight is 299 g/mol. The Kier molecular flexibility index (Phi) is 6.71. The molecule has 102 valence electrons. The van der Waals surface area contributed by atoms with Crippen molar-refractivity contribution < 1.29 is 9.53 Å². The van der Waals surface area contributed by atoms with Crippen LogP contribution < -0.4 is 0 Å². The largest absolute Gasteiger partial charge is 0.383 e. The van der Waals surface area contributed by atoms with Crippen molar-refractivity contribution in [1.29, 1.82) is 5.26 Å². The van der Waals surface area contributed by atoms with Crippen LogP contribution in [-0.4, -0.2) is 37.6 Å². The number of carbonyl (C=O) groups is 1. The number of halogens is 1. The lowest BCUT2D eigenvalue weighted by atomic mass is 10.2. The molecule has 0 spiro atoms. The van der Waals surface area contributed by atoms with E-state index < -0.39 is 0 Å². The van der Waals surface area contributed by atoms with E-state index in [9.17, 15) is 4.79 Å². The van der Waals surface area contributed by atoms with Crippen LogP contribution in [0.2, 0.25) is 5.02 Å². The van der Waals surface area contributed by atoms with Crippen LogP contribution in [0.15, 0.2) is 23.1 Å². The molecular weight excluding hydrogens is 284 g/mol. The SMILES string of the molecule is COCCN(CCC#N)C(=O)c1cc(S)ccc1Cl. The lowest BCUT2D eigenvalue weighted by Crippen LogP contribution is -2.34. The van der Waals surface area contributed by atoms with Gasteiger partial charge in [-0.05, 0) is 18.2 Å². The van der Waals surface area contributed by atoms with Gasteiger partial charge in [0.15, 0.2) is 0 Å². The maximum Gasteiger partial charge on any atom is 0.255 e. The first-order chi connectivity index (χ1) is 9.10. The number of nitrogens with zero attached hydrogens (tertiary/aromatic N) is 2. The van der Waals surface area contributed by atoms with Gasteiger partial charge in [0.05, 0.1) is 29.7 Å². The molecule has 4 nitrogen and oxygen atoms in total. The molecular formula is C13H15ClN2O2S. The van der Waals surface area contributed by atoms with E-state index in [1.165, 1.54) is 0 Å². The molecule has 0 aliphatic carbocycles. The van der Waals surface area contributed by atoms with Crippen LogP contribution in [0.5, 0.6) is 0 Å². The number of hydrogen-bond acceptors (Lipinski definition) is 4. The molecule has 0 unspecified atom stereocenters. The maximum absolute atomic E-state index is 12.4. The number of methoxy groups -OCH3 is 1. The van der Waals surface area contributed by atoms with Crippen LogP contribution in [0, 0.1) is 11.3 Å². The Balaban J connectivity index is 2.91. The number of thiol groups is 1. The van der Waals surface area contributed by atoms with Gasteiger partial charge in [-0.1, -0.05) is 11.6 Å². The highest BCUT2D eigenvalue weighted by atomic mass is 35.5. The normalized spacial score (nSPS) is 10.0. The van der Waals surface area contributed by atoms with E-state index in [1.54, 1.807) is 30.2 Å². The van der Waals surface area contributed by atoms with E-state index in [2.05, 4.69) is 12.6 Å². The van der Waals surface area contributed by atoms with Crippen LogP contribution in [0.4, 0.5) is 0 Å². The third-order valence-corrected chi connectivity index (χ3v) is 3.13. The topological polar surface area (TPSA) is 53.3 Å². The number of amides is 1. The van der Waals surface area contributed by atoms with Gasteiger partial charge < -0.3 is 9.64 Å². The third-order valence-electron chi connectivity index (χ3n) is 2.53. The summed E-state index contributed by atoms with van der Waals surface area (Å²) in [5.74, 6) is -0.215. The average Bonchev–Trinajstić information content (AvgIpc) is 2.41. The fourth-order valence-corrected chi connectivity index (χ4v) is 1.95. The van der Waals surface area contributed by atoms with Gasteiger partial charge in [-0.15, -0.1) is 12.6 Å². The summed E-state index contributed by atoms with van der Waals surface area (Å²) in [6, 6.07) is 7.00. The van der Waals surface area contributed by atoms with Gasteiger partial charge in [-0.3, -0.25) is 4.79 Å². The Hall–Kier alpha value is -1.22. The summed E-state index contributed by atoms with van der Waals surface area (Å²) in [6.07, 6.45) is 0.271. The van der Waals surface area contributed by atoms with Gasteiger partial charge in [0.1, 0.15) is 0 Å². The van der Waals surface area contributed by atoms with Gasteiger partial charge in [0.2, 0.25) is 0 Å². The first-order valence-electron chi connectivity index (χ1n) is 5.73. The Bertz CT molecular complexity index is 488. The van der Waals surface area contributed by atoms with Crippen molar-refractivity contribution in [1.82, 2.24) is 4.90 Å². The number of carbonyl (C=O) groups excluding carboxylic acids is 1. The summed E-state index contributed by atoms with van der Waals surface area (Å²) in [7, 11) is 1.56. The Morgan fingerprint density at radius 3 is 2.89 bits per heavy atom. The predicted molar refractivity (Wildman–Crippen MR) is 76.7 cm³/mol. The number of ether oxygens (including phenoxy) is 1. The molecule has 0 bridgehead atoms. The highest BCUT2D eigenvalue weighted by Gasteiger charge is 2.18. The van der Waals surface area contributed by atoms with E-state index in [4.69, 9.17) is 21.6 Å². The molecule has 0 radical (unpaired) electrons. The quantitative estimate of drug-likeness (QED) is 0.822. The summed E-state index contributed by atoms with van der Waals surface area (Å²) in [5.41, 5.74) is 0.392. The molecule has 0 aliphatic rings. The van der Waals surface area contributed by atoms with Crippen LogP contribution in [0.3, 0.4) is 0 Å². The fraction of sp³-hybridized carbons (Fsp3) is 0.385. The molecule has 0 saturated heterocycles. The number of hydrogen-bond donors (Lipinski definition) is 1. The van der Waals surface area contributed by atoms with Crippen molar-refractivity contribution in [2.45, 2.75) is 11.3 Å². The molecule has 0 fully saturated rings. The summed E-state index contributed by atoms with van der Waals surface area (Å²) in [5, 5.41) is 9.01. The molecule has 1 rings (SSSR count). The van der Waals surface area contributed by atoms with Crippen molar-refractivity contribution >= 4 is 30.1 Å². The first kappa shape index (κ1) is 15.8.